The highest BCUT2D eigenvalue weighted by Crippen LogP contribution is 2.36. The van der Waals surface area contributed by atoms with Gasteiger partial charge in [0.1, 0.15) is 0 Å². The number of nitrogens with one attached hydrogen (secondary N) is 1. The minimum absolute atomic E-state index is 0.129. The number of aliphatic hydroxyl groups excluding tert-OH is 1. The first-order chi connectivity index (χ1) is 11.5. The number of benzene rings is 1. The number of ether oxygens (including phenoxy) is 2. The third-order valence-corrected chi connectivity index (χ3v) is 4.29. The standard InChI is InChI=1S/C18H24ClNO4/c1-3-24-16-11-12(10-15(19)18(16)23-2)4-9-17(22)20-13-5-7-14(21)8-6-13/h4,9-11,13-14,21H,3,5-8H2,1-2H3,(H,20,22)/b9-4+. The molecule has 0 saturated heterocycles. The normalized spacial score (nSPS) is 20.8. The van der Waals surface area contributed by atoms with Crippen molar-refractivity contribution in [3.05, 3.63) is 28.8 Å². The van der Waals surface area contributed by atoms with Crippen LogP contribution < -0.4 is 14.8 Å². The van der Waals surface area contributed by atoms with Crippen LogP contribution in [0, 0.1) is 0 Å². The van der Waals surface area contributed by atoms with Gasteiger partial charge < -0.3 is 19.9 Å². The van der Waals surface area contributed by atoms with Crippen LogP contribution in [0.15, 0.2) is 18.2 Å². The van der Waals surface area contributed by atoms with Gasteiger partial charge in [-0.05, 0) is 56.4 Å². The van der Waals surface area contributed by atoms with Crippen molar-refractivity contribution in [2.24, 2.45) is 0 Å². The summed E-state index contributed by atoms with van der Waals surface area (Å²) in [5.74, 6) is 0.885. The second-order valence-electron chi connectivity index (χ2n) is 5.81. The van der Waals surface area contributed by atoms with Crippen LogP contribution in [0.4, 0.5) is 0 Å². The van der Waals surface area contributed by atoms with Crippen molar-refractivity contribution < 1.29 is 19.4 Å². The Bertz CT molecular complexity index is 595. The van der Waals surface area contributed by atoms with Crippen molar-refractivity contribution in [1.29, 1.82) is 0 Å². The van der Waals surface area contributed by atoms with Gasteiger partial charge in [0.2, 0.25) is 5.91 Å². The van der Waals surface area contributed by atoms with E-state index in [4.69, 9.17) is 21.1 Å². The maximum absolute atomic E-state index is 12.0. The molecule has 0 unspecified atom stereocenters. The van der Waals surface area contributed by atoms with E-state index < -0.39 is 0 Å². The van der Waals surface area contributed by atoms with Crippen molar-refractivity contribution >= 4 is 23.6 Å². The third-order valence-electron chi connectivity index (χ3n) is 4.01. The lowest BCUT2D eigenvalue weighted by atomic mass is 9.93. The first-order valence-electron chi connectivity index (χ1n) is 8.20. The van der Waals surface area contributed by atoms with Gasteiger partial charge >= 0.3 is 0 Å². The van der Waals surface area contributed by atoms with E-state index in [1.807, 2.05) is 6.92 Å². The highest BCUT2D eigenvalue weighted by atomic mass is 35.5. The Morgan fingerprint density at radius 3 is 2.71 bits per heavy atom. The molecule has 1 amide bonds. The van der Waals surface area contributed by atoms with Crippen molar-refractivity contribution in [3.63, 3.8) is 0 Å². The smallest absolute Gasteiger partial charge is 0.244 e. The zero-order valence-corrected chi connectivity index (χ0v) is 14.8. The molecule has 1 aliphatic rings. The molecule has 6 heteroatoms. The summed E-state index contributed by atoms with van der Waals surface area (Å²) >= 11 is 6.19. The van der Waals surface area contributed by atoms with Crippen LogP contribution >= 0.6 is 11.6 Å². The van der Waals surface area contributed by atoms with E-state index in [-0.39, 0.29) is 18.1 Å². The third kappa shape index (κ3) is 5.14. The summed E-state index contributed by atoms with van der Waals surface area (Å²) in [5, 5.41) is 12.9. The fourth-order valence-electron chi connectivity index (χ4n) is 2.79. The Kier molecular flexibility index (Phi) is 6.94. The number of methoxy groups -OCH3 is 1. The highest BCUT2D eigenvalue weighted by Gasteiger charge is 2.20. The average Bonchev–Trinajstić information content (AvgIpc) is 2.55. The fourth-order valence-corrected chi connectivity index (χ4v) is 3.08. The molecule has 5 nitrogen and oxygen atoms in total. The monoisotopic (exact) mass is 353 g/mol. The molecule has 0 heterocycles. The molecule has 1 fully saturated rings. The molecule has 1 aromatic rings. The molecular formula is C18H24ClNO4. The summed E-state index contributed by atoms with van der Waals surface area (Å²) in [7, 11) is 1.54. The summed E-state index contributed by atoms with van der Waals surface area (Å²) in [5.41, 5.74) is 0.762. The zero-order valence-electron chi connectivity index (χ0n) is 14.0. The van der Waals surface area contributed by atoms with Crippen LogP contribution in [0.25, 0.3) is 6.08 Å². The van der Waals surface area contributed by atoms with Gasteiger partial charge in [0, 0.05) is 12.1 Å². The minimum atomic E-state index is -0.230. The van der Waals surface area contributed by atoms with Crippen LogP contribution in [-0.4, -0.2) is 36.9 Å². The number of amides is 1. The lowest BCUT2D eigenvalue weighted by molar-refractivity contribution is -0.117. The average molecular weight is 354 g/mol. The molecule has 1 aromatic carbocycles. The molecule has 2 N–H and O–H groups in total. The summed E-state index contributed by atoms with van der Waals surface area (Å²) < 4.78 is 10.8. The van der Waals surface area contributed by atoms with E-state index in [9.17, 15) is 9.90 Å². The molecule has 0 bridgehead atoms. The van der Waals surface area contributed by atoms with Crippen molar-refractivity contribution in [3.8, 4) is 11.5 Å². The number of rotatable bonds is 6. The van der Waals surface area contributed by atoms with Crippen LogP contribution in [-0.2, 0) is 4.79 Å². The van der Waals surface area contributed by atoms with Gasteiger partial charge in [-0.2, -0.15) is 0 Å². The first kappa shape index (κ1) is 18.6. The van der Waals surface area contributed by atoms with Crippen LogP contribution in [0.2, 0.25) is 5.02 Å². The summed E-state index contributed by atoms with van der Waals surface area (Å²) in [6.07, 6.45) is 6.04. The Balaban J connectivity index is 2.01. The summed E-state index contributed by atoms with van der Waals surface area (Å²) in [6.45, 7) is 2.37. The number of aliphatic hydroxyl groups is 1. The summed E-state index contributed by atoms with van der Waals surface area (Å²) in [4.78, 5) is 12.0. The summed E-state index contributed by atoms with van der Waals surface area (Å²) in [6, 6.07) is 3.64. The van der Waals surface area contributed by atoms with E-state index in [1.165, 1.54) is 13.2 Å². The van der Waals surface area contributed by atoms with Gasteiger partial charge in [-0.25, -0.2) is 0 Å². The molecule has 0 aliphatic heterocycles. The van der Waals surface area contributed by atoms with E-state index in [1.54, 1.807) is 18.2 Å². The number of carbonyl (C=O) groups excluding carboxylic acids is 1. The number of hydrogen-bond donors (Lipinski definition) is 2. The zero-order chi connectivity index (χ0) is 17.5. The Labute approximate surface area is 147 Å². The quantitative estimate of drug-likeness (QED) is 0.771. The van der Waals surface area contributed by atoms with Gasteiger partial charge in [0.05, 0.1) is 24.8 Å². The van der Waals surface area contributed by atoms with Gasteiger partial charge in [0.15, 0.2) is 11.5 Å². The van der Waals surface area contributed by atoms with E-state index in [0.717, 1.165) is 31.2 Å². The fraction of sp³-hybridized carbons (Fsp3) is 0.500. The van der Waals surface area contributed by atoms with E-state index >= 15 is 0 Å². The predicted molar refractivity (Wildman–Crippen MR) is 94.6 cm³/mol. The Morgan fingerprint density at radius 2 is 2.08 bits per heavy atom. The molecule has 0 spiro atoms. The van der Waals surface area contributed by atoms with Gasteiger partial charge in [-0.1, -0.05) is 11.6 Å². The first-order valence-corrected chi connectivity index (χ1v) is 8.58. The van der Waals surface area contributed by atoms with E-state index in [2.05, 4.69) is 5.32 Å². The van der Waals surface area contributed by atoms with Gasteiger partial charge in [-0.3, -0.25) is 4.79 Å². The SMILES string of the molecule is CCOc1cc(/C=C/C(=O)NC2CCC(O)CC2)cc(Cl)c1OC. The lowest BCUT2D eigenvalue weighted by Gasteiger charge is -2.25. The predicted octanol–water partition coefficient (Wildman–Crippen LogP) is 3.18. The van der Waals surface area contributed by atoms with Crippen LogP contribution in [0.3, 0.4) is 0 Å². The molecular weight excluding hydrogens is 330 g/mol. The number of hydrogen-bond acceptors (Lipinski definition) is 4. The topological polar surface area (TPSA) is 67.8 Å². The van der Waals surface area contributed by atoms with Crippen LogP contribution in [0.5, 0.6) is 11.5 Å². The molecule has 24 heavy (non-hydrogen) atoms. The minimum Gasteiger partial charge on any atom is -0.491 e. The van der Waals surface area contributed by atoms with E-state index in [0.29, 0.717) is 23.1 Å². The lowest BCUT2D eigenvalue weighted by Crippen LogP contribution is -2.37. The van der Waals surface area contributed by atoms with Gasteiger partial charge in [-0.15, -0.1) is 0 Å². The molecule has 2 rings (SSSR count). The largest absolute Gasteiger partial charge is 0.491 e. The maximum atomic E-state index is 12.0. The van der Waals surface area contributed by atoms with Crippen LogP contribution in [0.1, 0.15) is 38.2 Å². The molecule has 0 atom stereocenters. The Hall–Kier alpha value is -1.72. The highest BCUT2D eigenvalue weighted by molar-refractivity contribution is 6.32. The van der Waals surface area contributed by atoms with Crippen molar-refractivity contribution in [2.75, 3.05) is 13.7 Å². The molecule has 1 aliphatic carbocycles. The second kappa shape index (κ2) is 8.94. The molecule has 0 aromatic heterocycles. The number of carbonyl (C=O) groups is 1. The van der Waals surface area contributed by atoms with Crippen molar-refractivity contribution in [2.45, 2.75) is 44.8 Å². The second-order valence-corrected chi connectivity index (χ2v) is 6.22. The maximum Gasteiger partial charge on any atom is 0.244 e. The molecule has 1 saturated carbocycles. The van der Waals surface area contributed by atoms with Gasteiger partial charge in [0.25, 0.3) is 0 Å². The Morgan fingerprint density at radius 1 is 1.38 bits per heavy atom. The number of halogens is 1. The van der Waals surface area contributed by atoms with Crippen molar-refractivity contribution in [1.82, 2.24) is 5.32 Å². The molecule has 132 valence electrons. The molecule has 0 radical (unpaired) electrons.